The second-order valence-corrected chi connectivity index (χ2v) is 6.82. The van der Waals surface area contributed by atoms with E-state index < -0.39 is 5.97 Å². The molecule has 0 unspecified atom stereocenters. The number of esters is 1. The largest absolute Gasteiger partial charge is 0.496 e. The molecule has 0 heterocycles. The Balaban J connectivity index is 1.72. The molecular weight excluding hydrogens is 350 g/mol. The zero-order chi connectivity index (χ0) is 18.9. The summed E-state index contributed by atoms with van der Waals surface area (Å²) in [6, 6.07) is 13.5. The molecule has 1 N–H and O–H groups in total. The molecular formula is C20H23NO4S. The van der Waals surface area contributed by atoms with E-state index >= 15 is 0 Å². The number of hydrogen-bond acceptors (Lipinski definition) is 5. The quantitative estimate of drug-likeness (QED) is 0.568. The van der Waals surface area contributed by atoms with E-state index in [-0.39, 0.29) is 18.3 Å². The molecule has 0 fully saturated rings. The Labute approximate surface area is 158 Å². The molecule has 2 rings (SSSR count). The number of benzene rings is 2. The number of aryl methyl sites for hydroxylation is 2. The van der Waals surface area contributed by atoms with E-state index in [0.717, 1.165) is 16.0 Å². The summed E-state index contributed by atoms with van der Waals surface area (Å²) in [6.07, 6.45) is 0. The predicted molar refractivity (Wildman–Crippen MR) is 102 cm³/mol. The lowest BCUT2D eigenvalue weighted by molar-refractivity contribution is -0.145. The Morgan fingerprint density at radius 2 is 1.88 bits per heavy atom. The summed E-state index contributed by atoms with van der Waals surface area (Å²) in [7, 11) is 1.58. The van der Waals surface area contributed by atoms with Crippen LogP contribution in [0.2, 0.25) is 0 Å². The molecule has 0 aliphatic rings. The van der Waals surface area contributed by atoms with Crippen LogP contribution in [-0.4, -0.2) is 31.3 Å². The number of amides is 1. The number of carbonyl (C=O) groups excluding carboxylic acids is 2. The van der Waals surface area contributed by atoms with E-state index in [0.29, 0.717) is 12.3 Å². The maximum atomic E-state index is 11.9. The van der Waals surface area contributed by atoms with Crippen molar-refractivity contribution in [3.63, 3.8) is 0 Å². The SMILES string of the molecule is COc1ccccc1CNC(=O)COC(=O)CSc1ccc(C)cc1C. The molecule has 0 bridgehead atoms. The van der Waals surface area contributed by atoms with Crippen molar-refractivity contribution in [2.75, 3.05) is 19.5 Å². The van der Waals surface area contributed by atoms with Crippen LogP contribution in [0.3, 0.4) is 0 Å². The van der Waals surface area contributed by atoms with Gasteiger partial charge < -0.3 is 14.8 Å². The first kappa shape index (κ1) is 19.8. The fourth-order valence-corrected chi connectivity index (χ4v) is 3.19. The molecule has 0 atom stereocenters. The van der Waals surface area contributed by atoms with Gasteiger partial charge in [-0.1, -0.05) is 35.9 Å². The molecule has 0 saturated carbocycles. The summed E-state index contributed by atoms with van der Waals surface area (Å²) in [4.78, 5) is 24.7. The number of thioether (sulfide) groups is 1. The summed E-state index contributed by atoms with van der Waals surface area (Å²) in [6.45, 7) is 4.06. The highest BCUT2D eigenvalue weighted by Gasteiger charge is 2.10. The number of nitrogens with one attached hydrogen (secondary N) is 1. The van der Waals surface area contributed by atoms with Crippen LogP contribution < -0.4 is 10.1 Å². The summed E-state index contributed by atoms with van der Waals surface area (Å²) < 4.78 is 10.3. The van der Waals surface area contributed by atoms with E-state index in [9.17, 15) is 9.59 Å². The number of carbonyl (C=O) groups is 2. The van der Waals surface area contributed by atoms with Crippen molar-refractivity contribution >= 4 is 23.6 Å². The zero-order valence-electron chi connectivity index (χ0n) is 15.2. The van der Waals surface area contributed by atoms with Gasteiger partial charge in [-0.05, 0) is 31.5 Å². The molecule has 0 aliphatic heterocycles. The minimum atomic E-state index is -0.414. The van der Waals surface area contributed by atoms with Crippen molar-refractivity contribution in [3.05, 3.63) is 59.2 Å². The molecule has 0 spiro atoms. The topological polar surface area (TPSA) is 64.6 Å². The molecule has 0 aliphatic carbocycles. The average molecular weight is 373 g/mol. The molecule has 0 saturated heterocycles. The Bertz CT molecular complexity index is 776. The van der Waals surface area contributed by atoms with Crippen LogP contribution in [0.4, 0.5) is 0 Å². The highest BCUT2D eigenvalue weighted by Crippen LogP contribution is 2.23. The van der Waals surface area contributed by atoms with Gasteiger partial charge >= 0.3 is 5.97 Å². The summed E-state index contributed by atoms with van der Waals surface area (Å²) >= 11 is 1.41. The van der Waals surface area contributed by atoms with Gasteiger partial charge in [-0.3, -0.25) is 9.59 Å². The normalized spacial score (nSPS) is 10.3. The number of rotatable bonds is 8. The first-order valence-corrected chi connectivity index (χ1v) is 9.22. The van der Waals surface area contributed by atoms with Crippen LogP contribution in [-0.2, 0) is 20.9 Å². The number of para-hydroxylation sites is 1. The fourth-order valence-electron chi connectivity index (χ4n) is 2.38. The van der Waals surface area contributed by atoms with Gasteiger partial charge in [0.05, 0.1) is 12.9 Å². The molecule has 5 nitrogen and oxygen atoms in total. The van der Waals surface area contributed by atoms with Crippen molar-refractivity contribution in [1.82, 2.24) is 5.32 Å². The van der Waals surface area contributed by atoms with Gasteiger partial charge in [0.15, 0.2) is 6.61 Å². The standard InChI is InChI=1S/C20H23NO4S/c1-14-8-9-18(15(2)10-14)26-13-20(23)25-12-19(22)21-11-16-6-4-5-7-17(16)24-3/h4-10H,11-13H2,1-3H3,(H,21,22). The van der Waals surface area contributed by atoms with Crippen LogP contribution in [0.15, 0.2) is 47.4 Å². The molecule has 1 amide bonds. The minimum absolute atomic E-state index is 0.170. The molecule has 0 radical (unpaired) electrons. The van der Waals surface area contributed by atoms with Gasteiger partial charge in [0.1, 0.15) is 5.75 Å². The van der Waals surface area contributed by atoms with Gasteiger partial charge in [-0.25, -0.2) is 0 Å². The lowest BCUT2D eigenvalue weighted by atomic mass is 10.2. The smallest absolute Gasteiger partial charge is 0.316 e. The van der Waals surface area contributed by atoms with Crippen molar-refractivity contribution in [2.24, 2.45) is 0 Å². The van der Waals surface area contributed by atoms with E-state index in [4.69, 9.17) is 9.47 Å². The average Bonchev–Trinajstić information content (AvgIpc) is 2.64. The van der Waals surface area contributed by atoms with Crippen LogP contribution >= 0.6 is 11.8 Å². The number of methoxy groups -OCH3 is 1. The highest BCUT2D eigenvalue weighted by molar-refractivity contribution is 8.00. The van der Waals surface area contributed by atoms with E-state index in [2.05, 4.69) is 11.4 Å². The van der Waals surface area contributed by atoms with Crippen LogP contribution in [0, 0.1) is 13.8 Å². The maximum Gasteiger partial charge on any atom is 0.316 e. The predicted octanol–water partition coefficient (Wildman–Crippen LogP) is 3.26. The van der Waals surface area contributed by atoms with Crippen molar-refractivity contribution < 1.29 is 19.1 Å². The third-order valence-electron chi connectivity index (χ3n) is 3.71. The van der Waals surface area contributed by atoms with Gasteiger partial charge in [0, 0.05) is 17.0 Å². The van der Waals surface area contributed by atoms with Crippen LogP contribution in [0.25, 0.3) is 0 Å². The Hall–Kier alpha value is -2.47. The van der Waals surface area contributed by atoms with Gasteiger partial charge in [-0.2, -0.15) is 0 Å². The van der Waals surface area contributed by atoms with E-state index in [1.807, 2.05) is 50.2 Å². The lowest BCUT2D eigenvalue weighted by Gasteiger charge is -2.10. The maximum absolute atomic E-state index is 11.9. The van der Waals surface area contributed by atoms with Gasteiger partial charge in [0.25, 0.3) is 5.91 Å². The van der Waals surface area contributed by atoms with E-state index in [1.54, 1.807) is 7.11 Å². The summed E-state index contributed by atoms with van der Waals surface area (Å²) in [5, 5.41) is 2.72. The van der Waals surface area contributed by atoms with Crippen LogP contribution in [0.1, 0.15) is 16.7 Å². The Kier molecular flexibility index (Phi) is 7.53. The molecule has 6 heteroatoms. The first-order chi connectivity index (χ1) is 12.5. The van der Waals surface area contributed by atoms with Crippen molar-refractivity contribution in [2.45, 2.75) is 25.3 Å². The summed E-state index contributed by atoms with van der Waals surface area (Å²) in [5.74, 6) is 0.113. The highest BCUT2D eigenvalue weighted by atomic mass is 32.2. The van der Waals surface area contributed by atoms with Gasteiger partial charge in [-0.15, -0.1) is 11.8 Å². The second-order valence-electron chi connectivity index (χ2n) is 5.81. The molecule has 26 heavy (non-hydrogen) atoms. The van der Waals surface area contributed by atoms with Crippen LogP contribution in [0.5, 0.6) is 5.75 Å². The zero-order valence-corrected chi connectivity index (χ0v) is 16.0. The Morgan fingerprint density at radius 1 is 1.12 bits per heavy atom. The number of ether oxygens (including phenoxy) is 2. The third-order valence-corrected chi connectivity index (χ3v) is 4.86. The van der Waals surface area contributed by atoms with Gasteiger partial charge in [0.2, 0.25) is 0 Å². The van der Waals surface area contributed by atoms with Crippen molar-refractivity contribution in [1.29, 1.82) is 0 Å². The van der Waals surface area contributed by atoms with E-state index in [1.165, 1.54) is 17.3 Å². The van der Waals surface area contributed by atoms with Crippen molar-refractivity contribution in [3.8, 4) is 5.75 Å². The lowest BCUT2D eigenvalue weighted by Crippen LogP contribution is -2.28. The number of hydrogen-bond donors (Lipinski definition) is 1. The Morgan fingerprint density at radius 3 is 2.62 bits per heavy atom. The summed E-state index contributed by atoms with van der Waals surface area (Å²) in [5.41, 5.74) is 3.17. The third kappa shape index (κ3) is 6.11. The molecule has 0 aromatic heterocycles. The minimum Gasteiger partial charge on any atom is -0.496 e. The first-order valence-electron chi connectivity index (χ1n) is 8.24. The second kappa shape index (κ2) is 9.87. The molecule has 138 valence electrons. The fraction of sp³-hybridized carbons (Fsp3) is 0.300. The molecule has 2 aromatic rings. The molecule has 2 aromatic carbocycles. The monoisotopic (exact) mass is 373 g/mol.